The summed E-state index contributed by atoms with van der Waals surface area (Å²) in [5.41, 5.74) is 0. The van der Waals surface area contributed by atoms with Gasteiger partial charge in [0.1, 0.15) is 0 Å². The Morgan fingerprint density at radius 2 is 0.647 bits per heavy atom. The van der Waals surface area contributed by atoms with Crippen molar-refractivity contribution in [2.45, 2.75) is 0 Å². The molecule has 9 heteroatoms. The van der Waals surface area contributed by atoms with Crippen molar-refractivity contribution in [2.24, 2.45) is 0 Å². The van der Waals surface area contributed by atoms with Crippen molar-refractivity contribution in [3.05, 3.63) is 24.3 Å². The van der Waals surface area contributed by atoms with Crippen LogP contribution in [-0.4, -0.2) is 23.9 Å². The van der Waals surface area contributed by atoms with Crippen molar-refractivity contribution in [1.29, 1.82) is 0 Å². The third-order valence-corrected chi connectivity index (χ3v) is 0.711. The first kappa shape index (κ1) is 20.5. The van der Waals surface area contributed by atoms with E-state index in [-0.39, 0.29) is 21.7 Å². The van der Waals surface area contributed by atoms with E-state index < -0.39 is 23.9 Å². The average molecular weight is 276 g/mol. The van der Waals surface area contributed by atoms with E-state index in [0.717, 1.165) is 0 Å². The van der Waals surface area contributed by atoms with Gasteiger partial charge in [-0.05, 0) is 24.3 Å². The fraction of sp³-hybridized carbons (Fsp3) is 0. The van der Waals surface area contributed by atoms with Crippen molar-refractivity contribution in [3.63, 3.8) is 0 Å². The molecule has 0 unspecified atom stereocenters. The molecule has 0 aliphatic heterocycles. The van der Waals surface area contributed by atoms with E-state index in [2.05, 4.69) is 0 Å². The summed E-state index contributed by atoms with van der Waals surface area (Å²) in [6.45, 7) is 0. The summed E-state index contributed by atoms with van der Waals surface area (Å²) < 4.78 is 0. The van der Waals surface area contributed by atoms with Gasteiger partial charge in [0, 0.05) is 0 Å². The second kappa shape index (κ2) is 12.1. The van der Waals surface area contributed by atoms with Crippen LogP contribution in [0, 0.1) is 0 Å². The molecule has 0 aliphatic carbocycles. The summed E-state index contributed by atoms with van der Waals surface area (Å²) >= 11 is 0. The van der Waals surface area contributed by atoms with E-state index in [0.29, 0.717) is 24.3 Å². The SMILES string of the molecule is O=C([O-])/C=C/C(=O)[O-].O=C([O-])/C=C/C(=O)[O-].[Ti+4]. The van der Waals surface area contributed by atoms with Crippen LogP contribution in [0.2, 0.25) is 0 Å². The van der Waals surface area contributed by atoms with Crippen LogP contribution < -0.4 is 20.4 Å². The maximum Gasteiger partial charge on any atom is 4.00 e. The topological polar surface area (TPSA) is 161 Å². The summed E-state index contributed by atoms with van der Waals surface area (Å²) in [5.74, 6) is -6.19. The van der Waals surface area contributed by atoms with Crippen molar-refractivity contribution in [3.8, 4) is 0 Å². The molecule has 0 heterocycles. The fourth-order valence-electron chi connectivity index (χ4n) is 0.272. The van der Waals surface area contributed by atoms with Crippen molar-refractivity contribution in [2.75, 3.05) is 0 Å². The summed E-state index contributed by atoms with van der Waals surface area (Å²) in [7, 11) is 0. The number of carboxylic acid groups (broad SMARTS) is 4. The van der Waals surface area contributed by atoms with E-state index in [9.17, 15) is 39.6 Å². The molecule has 0 spiro atoms. The number of aliphatic carboxylic acids is 4. The quantitative estimate of drug-likeness (QED) is 0.362. The molecule has 0 saturated heterocycles. The predicted octanol–water partition coefficient (Wildman–Crippen LogP) is -5.92. The van der Waals surface area contributed by atoms with Crippen molar-refractivity contribution >= 4 is 23.9 Å². The first-order valence-electron chi connectivity index (χ1n) is 3.45. The molecule has 0 amide bonds. The Labute approximate surface area is 110 Å². The molecule has 0 aliphatic rings. The molecule has 0 rings (SSSR count). The second-order valence-corrected chi connectivity index (χ2v) is 1.94. The van der Waals surface area contributed by atoms with E-state index in [4.69, 9.17) is 0 Å². The van der Waals surface area contributed by atoms with Crippen molar-refractivity contribution < 1.29 is 61.3 Å². The predicted molar refractivity (Wildman–Crippen MR) is 38.3 cm³/mol. The van der Waals surface area contributed by atoms with Crippen LogP contribution >= 0.6 is 0 Å². The maximum atomic E-state index is 9.41. The van der Waals surface area contributed by atoms with Crippen LogP contribution in [-0.2, 0) is 40.9 Å². The summed E-state index contributed by atoms with van der Waals surface area (Å²) in [5, 5.41) is 37.7. The van der Waals surface area contributed by atoms with Gasteiger partial charge >= 0.3 is 21.7 Å². The molecule has 0 saturated carbocycles. The Morgan fingerprint density at radius 1 is 0.529 bits per heavy atom. The number of hydrogen-bond donors (Lipinski definition) is 0. The summed E-state index contributed by atoms with van der Waals surface area (Å²) in [6.07, 6.45) is 1.54. The Bertz CT molecular complexity index is 277. The second-order valence-electron chi connectivity index (χ2n) is 1.94. The first-order chi connectivity index (χ1) is 7.25. The van der Waals surface area contributed by atoms with Crippen molar-refractivity contribution in [1.82, 2.24) is 0 Å². The van der Waals surface area contributed by atoms with Crippen LogP contribution in [0.5, 0.6) is 0 Å². The van der Waals surface area contributed by atoms with Gasteiger partial charge < -0.3 is 39.6 Å². The van der Waals surface area contributed by atoms with Crippen LogP contribution in [0.1, 0.15) is 0 Å². The zero-order valence-electron chi connectivity index (χ0n) is 8.08. The van der Waals surface area contributed by atoms with Gasteiger partial charge in [0.15, 0.2) is 0 Å². The first-order valence-corrected chi connectivity index (χ1v) is 3.45. The molecular weight excluding hydrogens is 272 g/mol. The fourth-order valence-corrected chi connectivity index (χ4v) is 0.272. The number of hydrogen-bond acceptors (Lipinski definition) is 8. The van der Waals surface area contributed by atoms with Gasteiger partial charge in [-0.3, -0.25) is 0 Å². The van der Waals surface area contributed by atoms with Crippen LogP contribution in [0.4, 0.5) is 0 Å². The Morgan fingerprint density at radius 3 is 0.706 bits per heavy atom. The molecule has 0 fully saturated rings. The summed E-state index contributed by atoms with van der Waals surface area (Å²) in [6, 6.07) is 0. The standard InChI is InChI=1S/2C4H4O4.Ti/c2*5-3(6)1-2-4(7)8;/h2*1-2H,(H,5,6)(H,7,8);/q;;+4/p-4/b2*2-1+;. The van der Waals surface area contributed by atoms with E-state index in [1.165, 1.54) is 0 Å². The molecule has 88 valence electrons. The molecule has 17 heavy (non-hydrogen) atoms. The molecular formula is C8H4O8Ti. The average Bonchev–Trinajstić information content (AvgIpc) is 2.12. The largest absolute Gasteiger partial charge is 4.00 e. The van der Waals surface area contributed by atoms with E-state index in [1.807, 2.05) is 0 Å². The Hall–Kier alpha value is -1.93. The van der Waals surface area contributed by atoms with Gasteiger partial charge in [0.2, 0.25) is 0 Å². The third kappa shape index (κ3) is 31.5. The van der Waals surface area contributed by atoms with Gasteiger partial charge in [-0.25, -0.2) is 0 Å². The molecule has 0 atom stereocenters. The van der Waals surface area contributed by atoms with Crippen LogP contribution in [0.3, 0.4) is 0 Å². The monoisotopic (exact) mass is 276 g/mol. The van der Waals surface area contributed by atoms with Crippen LogP contribution in [0.25, 0.3) is 0 Å². The smallest absolute Gasteiger partial charge is 0.545 e. The van der Waals surface area contributed by atoms with Gasteiger partial charge in [-0.1, -0.05) is 0 Å². The third-order valence-electron chi connectivity index (χ3n) is 0.711. The summed E-state index contributed by atoms with van der Waals surface area (Å²) in [4.78, 5) is 37.7. The zero-order valence-corrected chi connectivity index (χ0v) is 9.64. The molecule has 0 aromatic carbocycles. The van der Waals surface area contributed by atoms with Gasteiger partial charge in [0.25, 0.3) is 0 Å². The van der Waals surface area contributed by atoms with Crippen LogP contribution in [0.15, 0.2) is 24.3 Å². The minimum atomic E-state index is -1.55. The molecule has 0 aromatic rings. The Kier molecular flexibility index (Phi) is 14.6. The molecule has 0 radical (unpaired) electrons. The molecule has 0 aromatic heterocycles. The molecule has 8 nitrogen and oxygen atoms in total. The molecule has 0 N–H and O–H groups in total. The Balaban J connectivity index is -0.000000218. The normalized spacial score (nSPS) is 8.94. The zero-order chi connectivity index (χ0) is 13.1. The number of carboxylic acids is 4. The number of carbonyl (C=O) groups is 4. The van der Waals surface area contributed by atoms with Gasteiger partial charge in [-0.2, -0.15) is 0 Å². The van der Waals surface area contributed by atoms with Gasteiger partial charge in [0.05, 0.1) is 23.9 Å². The van der Waals surface area contributed by atoms with E-state index >= 15 is 0 Å². The minimum absolute atomic E-state index is 0. The minimum Gasteiger partial charge on any atom is -0.545 e. The van der Waals surface area contributed by atoms with Gasteiger partial charge in [-0.15, -0.1) is 0 Å². The van der Waals surface area contributed by atoms with E-state index in [1.54, 1.807) is 0 Å². The number of rotatable bonds is 4. The maximum absolute atomic E-state index is 9.41. The number of carbonyl (C=O) groups excluding carboxylic acids is 4. The molecule has 0 bridgehead atoms.